The number of hydrogen-bond donors (Lipinski definition) is 1. The van der Waals surface area contributed by atoms with E-state index >= 15 is 0 Å². The van der Waals surface area contributed by atoms with Crippen molar-refractivity contribution in [2.45, 2.75) is 27.3 Å². The highest BCUT2D eigenvalue weighted by Crippen LogP contribution is 2.35. The van der Waals surface area contributed by atoms with Crippen LogP contribution in [0.15, 0.2) is 12.1 Å². The molecule has 0 aliphatic carbocycles. The molecule has 2 aromatic rings. The second kappa shape index (κ2) is 5.05. The van der Waals surface area contributed by atoms with Crippen LogP contribution in [0.2, 0.25) is 0 Å². The number of nitrogens with zero attached hydrogens (tertiary/aromatic N) is 2. The van der Waals surface area contributed by atoms with Gasteiger partial charge in [-0.05, 0) is 43.5 Å². The summed E-state index contributed by atoms with van der Waals surface area (Å²) in [5.41, 5.74) is 12.3. The zero-order valence-electron chi connectivity index (χ0n) is 12.2. The number of aryl methyl sites for hydroxylation is 3. The molecule has 2 N–H and O–H groups in total. The van der Waals surface area contributed by atoms with Gasteiger partial charge < -0.3 is 10.5 Å². The van der Waals surface area contributed by atoms with Crippen molar-refractivity contribution in [1.29, 1.82) is 0 Å². The predicted molar refractivity (Wildman–Crippen MR) is 77.3 cm³/mol. The fraction of sp³-hybridized carbons (Fsp3) is 0.400. The van der Waals surface area contributed by atoms with Crippen LogP contribution in [0.5, 0.6) is 5.75 Å². The first-order chi connectivity index (χ1) is 8.99. The van der Waals surface area contributed by atoms with Crippen molar-refractivity contribution < 1.29 is 4.74 Å². The topological polar surface area (TPSA) is 53.1 Å². The van der Waals surface area contributed by atoms with Gasteiger partial charge in [0.05, 0.1) is 18.5 Å². The highest BCUT2D eigenvalue weighted by atomic mass is 16.5. The molecule has 0 saturated carbocycles. The molecule has 1 aromatic carbocycles. The highest BCUT2D eigenvalue weighted by Gasteiger charge is 2.17. The number of aromatic nitrogens is 2. The third-order valence-electron chi connectivity index (χ3n) is 3.50. The molecule has 0 atom stereocenters. The van der Waals surface area contributed by atoms with Crippen molar-refractivity contribution >= 4 is 0 Å². The summed E-state index contributed by atoms with van der Waals surface area (Å²) in [6.45, 7) is 6.68. The summed E-state index contributed by atoms with van der Waals surface area (Å²) in [5, 5.41) is 4.60. The van der Waals surface area contributed by atoms with Gasteiger partial charge in [0.25, 0.3) is 0 Å². The maximum atomic E-state index is 5.78. The van der Waals surface area contributed by atoms with Gasteiger partial charge in [0, 0.05) is 19.2 Å². The van der Waals surface area contributed by atoms with Gasteiger partial charge in [0.15, 0.2) is 0 Å². The van der Waals surface area contributed by atoms with Crippen LogP contribution in [0, 0.1) is 20.8 Å². The average Bonchev–Trinajstić information content (AvgIpc) is 2.63. The zero-order valence-corrected chi connectivity index (χ0v) is 12.2. The first-order valence-electron chi connectivity index (χ1n) is 6.37. The smallest absolute Gasteiger partial charge is 0.131 e. The fourth-order valence-electron chi connectivity index (χ4n) is 2.61. The molecule has 2 rings (SSSR count). The van der Waals surface area contributed by atoms with Gasteiger partial charge in [-0.2, -0.15) is 5.10 Å². The van der Waals surface area contributed by atoms with E-state index in [4.69, 9.17) is 10.5 Å². The Hall–Kier alpha value is -1.81. The molecule has 0 bridgehead atoms. The molecule has 1 aromatic heterocycles. The summed E-state index contributed by atoms with van der Waals surface area (Å²) in [4.78, 5) is 0. The average molecular weight is 259 g/mol. The lowest BCUT2D eigenvalue weighted by Gasteiger charge is -2.12. The van der Waals surface area contributed by atoms with Gasteiger partial charge in [0.2, 0.25) is 0 Å². The molecule has 0 aliphatic heterocycles. The molecule has 0 unspecified atom stereocenters. The first kappa shape index (κ1) is 13.6. The molecule has 4 nitrogen and oxygen atoms in total. The van der Waals surface area contributed by atoms with Crippen molar-refractivity contribution in [1.82, 2.24) is 9.78 Å². The number of ether oxygens (including phenoxy) is 1. The lowest BCUT2D eigenvalue weighted by Crippen LogP contribution is -2.05. The molecule has 102 valence electrons. The van der Waals surface area contributed by atoms with Crippen molar-refractivity contribution in [2.24, 2.45) is 12.8 Å². The fourth-order valence-corrected chi connectivity index (χ4v) is 2.61. The Morgan fingerprint density at radius 3 is 2.47 bits per heavy atom. The zero-order chi connectivity index (χ0) is 14.2. The second-order valence-electron chi connectivity index (χ2n) is 4.91. The van der Waals surface area contributed by atoms with Crippen molar-refractivity contribution in [3.05, 3.63) is 34.5 Å². The van der Waals surface area contributed by atoms with Crippen molar-refractivity contribution in [2.75, 3.05) is 7.11 Å². The summed E-state index contributed by atoms with van der Waals surface area (Å²) in [7, 11) is 3.62. The van der Waals surface area contributed by atoms with Crippen LogP contribution in [0.4, 0.5) is 0 Å². The van der Waals surface area contributed by atoms with Crippen LogP contribution in [0.3, 0.4) is 0 Å². The lowest BCUT2D eigenvalue weighted by atomic mass is 10.0. The van der Waals surface area contributed by atoms with Gasteiger partial charge in [-0.15, -0.1) is 0 Å². The Balaban J connectivity index is 2.71. The summed E-state index contributed by atoms with van der Waals surface area (Å²) >= 11 is 0. The molecule has 4 heteroatoms. The molecule has 0 fully saturated rings. The normalized spacial score (nSPS) is 10.8. The first-order valence-corrected chi connectivity index (χ1v) is 6.37. The van der Waals surface area contributed by atoms with E-state index < -0.39 is 0 Å². The number of hydrogen-bond acceptors (Lipinski definition) is 3. The Kier molecular flexibility index (Phi) is 3.62. The van der Waals surface area contributed by atoms with E-state index in [0.29, 0.717) is 6.54 Å². The monoisotopic (exact) mass is 259 g/mol. The lowest BCUT2D eigenvalue weighted by molar-refractivity contribution is 0.413. The van der Waals surface area contributed by atoms with Crippen LogP contribution < -0.4 is 10.5 Å². The van der Waals surface area contributed by atoms with E-state index in [-0.39, 0.29) is 0 Å². The molecule has 0 spiro atoms. The summed E-state index contributed by atoms with van der Waals surface area (Å²) < 4.78 is 7.39. The molecule has 0 amide bonds. The maximum absolute atomic E-state index is 5.78. The molecular weight excluding hydrogens is 238 g/mol. The van der Waals surface area contributed by atoms with E-state index in [0.717, 1.165) is 33.8 Å². The molecule has 0 aliphatic rings. The van der Waals surface area contributed by atoms with Gasteiger partial charge in [-0.1, -0.05) is 6.07 Å². The van der Waals surface area contributed by atoms with E-state index in [1.165, 1.54) is 5.56 Å². The van der Waals surface area contributed by atoms with Crippen LogP contribution in [-0.2, 0) is 13.6 Å². The van der Waals surface area contributed by atoms with Crippen molar-refractivity contribution in [3.63, 3.8) is 0 Å². The largest absolute Gasteiger partial charge is 0.496 e. The minimum atomic E-state index is 0.489. The Morgan fingerprint density at radius 1 is 1.26 bits per heavy atom. The van der Waals surface area contributed by atoms with E-state index in [1.807, 2.05) is 11.7 Å². The molecule has 0 saturated heterocycles. The minimum Gasteiger partial charge on any atom is -0.496 e. The Morgan fingerprint density at radius 2 is 1.95 bits per heavy atom. The number of methoxy groups -OCH3 is 1. The molecular formula is C15H21N3O. The number of benzene rings is 1. The van der Waals surface area contributed by atoms with E-state index in [2.05, 4.69) is 38.0 Å². The number of nitrogens with two attached hydrogens (primary N) is 1. The predicted octanol–water partition coefficient (Wildman–Crippen LogP) is 2.48. The van der Waals surface area contributed by atoms with E-state index in [9.17, 15) is 0 Å². The third-order valence-corrected chi connectivity index (χ3v) is 3.50. The minimum absolute atomic E-state index is 0.489. The van der Waals surface area contributed by atoms with E-state index in [1.54, 1.807) is 7.11 Å². The van der Waals surface area contributed by atoms with Crippen LogP contribution >= 0.6 is 0 Å². The summed E-state index contributed by atoms with van der Waals surface area (Å²) in [6, 6.07) is 4.23. The molecule has 19 heavy (non-hydrogen) atoms. The van der Waals surface area contributed by atoms with Gasteiger partial charge >= 0.3 is 0 Å². The van der Waals surface area contributed by atoms with Crippen LogP contribution in [-0.4, -0.2) is 16.9 Å². The van der Waals surface area contributed by atoms with Crippen LogP contribution in [0.1, 0.15) is 22.4 Å². The number of rotatable bonds is 3. The van der Waals surface area contributed by atoms with Crippen molar-refractivity contribution in [3.8, 4) is 17.0 Å². The van der Waals surface area contributed by atoms with Gasteiger partial charge in [-0.3, -0.25) is 4.68 Å². The quantitative estimate of drug-likeness (QED) is 0.921. The van der Waals surface area contributed by atoms with Gasteiger partial charge in [0.1, 0.15) is 5.75 Å². The van der Waals surface area contributed by atoms with Crippen LogP contribution in [0.25, 0.3) is 11.3 Å². The maximum Gasteiger partial charge on any atom is 0.131 e. The molecule has 1 heterocycles. The third kappa shape index (κ3) is 2.24. The Labute approximate surface area is 114 Å². The SMILES string of the molecule is COc1c(C)cc(C)cc1-c1nn(C)c(CN)c1C. The Bertz CT molecular complexity index is 614. The summed E-state index contributed by atoms with van der Waals surface area (Å²) in [6.07, 6.45) is 0. The standard InChI is InChI=1S/C15H21N3O/c1-9-6-10(2)15(19-5)12(7-9)14-11(3)13(8-16)18(4)17-14/h6-7H,8,16H2,1-5H3. The summed E-state index contributed by atoms with van der Waals surface area (Å²) in [5.74, 6) is 0.885. The molecule has 0 radical (unpaired) electrons. The second-order valence-corrected chi connectivity index (χ2v) is 4.91. The van der Waals surface area contributed by atoms with Gasteiger partial charge in [-0.25, -0.2) is 0 Å². The highest BCUT2D eigenvalue weighted by molar-refractivity contribution is 5.73.